The summed E-state index contributed by atoms with van der Waals surface area (Å²) in [6.45, 7) is 0. The van der Waals surface area contributed by atoms with Crippen LogP contribution in [0.25, 0.3) is 0 Å². The van der Waals surface area contributed by atoms with Gasteiger partial charge in [-0.2, -0.15) is 0 Å². The zero-order chi connectivity index (χ0) is 5.98. The first kappa shape index (κ1) is 6.94. The molecule has 0 N–H and O–H groups in total. The summed E-state index contributed by atoms with van der Waals surface area (Å²) in [6.07, 6.45) is 0. The molecule has 1 aromatic rings. The molecule has 0 amide bonds. The van der Waals surface area contributed by atoms with Crippen molar-refractivity contribution in [1.82, 2.24) is 0 Å². The van der Waals surface area contributed by atoms with Crippen LogP contribution >= 0.6 is 28.6 Å². The summed E-state index contributed by atoms with van der Waals surface area (Å²) in [6, 6.07) is 2.14. The second kappa shape index (κ2) is 3.11. The number of halogens is 1. The van der Waals surface area contributed by atoms with E-state index in [0.29, 0.717) is 14.5 Å². The molecule has 0 aliphatic rings. The molecule has 0 aromatic carbocycles. The number of rotatable bonds is 1. The third-order valence-corrected chi connectivity index (χ3v) is 4.24. The molecule has 8 heavy (non-hydrogen) atoms. The zero-order valence-electron chi connectivity index (χ0n) is 4.10. The van der Waals surface area contributed by atoms with Gasteiger partial charge < -0.3 is 0 Å². The topological polar surface area (TPSA) is 0 Å². The summed E-state index contributed by atoms with van der Waals surface area (Å²) in [7, 11) is 0. The Kier molecular flexibility index (Phi) is 2.70. The predicted molar refractivity (Wildman–Crippen MR) is 43.8 cm³/mol. The molecule has 3 heteroatoms. The van der Waals surface area contributed by atoms with Crippen LogP contribution in [0, 0.1) is 0 Å². The van der Waals surface area contributed by atoms with E-state index in [9.17, 15) is 0 Å². The summed E-state index contributed by atoms with van der Waals surface area (Å²) in [5.41, 5.74) is 1.34. The molecule has 0 radical (unpaired) electrons. The van der Waals surface area contributed by atoms with E-state index in [4.69, 9.17) is 0 Å². The van der Waals surface area contributed by atoms with Crippen LogP contribution in [-0.4, -0.2) is 14.5 Å². The first-order valence-electron chi connectivity index (χ1n) is 2.17. The summed E-state index contributed by atoms with van der Waals surface area (Å²) >= 11 is 8.17. The van der Waals surface area contributed by atoms with Crippen LogP contribution in [0.3, 0.4) is 0 Å². The molecule has 0 spiro atoms. The van der Waals surface area contributed by atoms with E-state index in [1.54, 1.807) is 0 Å². The van der Waals surface area contributed by atoms with Crippen molar-refractivity contribution >= 4 is 43.1 Å². The molecule has 0 aliphatic carbocycles. The molecular formula is C5H5BrSSe. The van der Waals surface area contributed by atoms with Gasteiger partial charge in [0.1, 0.15) is 0 Å². The SMILES string of the molecule is SCc1cc[se]c1Br. The minimum absolute atomic E-state index is 0.568. The van der Waals surface area contributed by atoms with Gasteiger partial charge in [0.25, 0.3) is 0 Å². The van der Waals surface area contributed by atoms with Crippen LogP contribution in [0.1, 0.15) is 5.56 Å². The third-order valence-electron chi connectivity index (χ3n) is 0.864. The van der Waals surface area contributed by atoms with Crippen LogP contribution in [-0.2, 0) is 5.75 Å². The molecule has 0 saturated heterocycles. The van der Waals surface area contributed by atoms with E-state index >= 15 is 0 Å². The quantitative estimate of drug-likeness (QED) is 0.576. The Morgan fingerprint density at radius 2 is 2.50 bits per heavy atom. The van der Waals surface area contributed by atoms with Crippen molar-refractivity contribution in [2.24, 2.45) is 0 Å². The van der Waals surface area contributed by atoms with E-state index in [1.807, 2.05) is 0 Å². The van der Waals surface area contributed by atoms with E-state index in [0.717, 1.165) is 5.75 Å². The Bertz CT molecular complexity index is 173. The summed E-state index contributed by atoms with van der Waals surface area (Å²) in [4.78, 5) is 2.20. The molecule has 0 nitrogen and oxygen atoms in total. The summed E-state index contributed by atoms with van der Waals surface area (Å²) < 4.78 is 1.35. The van der Waals surface area contributed by atoms with E-state index in [2.05, 4.69) is 39.6 Å². The molecular weight excluding hydrogens is 251 g/mol. The van der Waals surface area contributed by atoms with E-state index in [1.165, 1.54) is 8.91 Å². The van der Waals surface area contributed by atoms with Gasteiger partial charge in [0.05, 0.1) is 0 Å². The fourth-order valence-corrected chi connectivity index (χ4v) is 3.34. The molecule has 1 aromatic heterocycles. The second-order valence-electron chi connectivity index (χ2n) is 1.38. The molecule has 0 unspecified atom stereocenters. The van der Waals surface area contributed by atoms with Gasteiger partial charge in [-0.15, -0.1) is 0 Å². The van der Waals surface area contributed by atoms with Crippen molar-refractivity contribution in [2.75, 3.05) is 0 Å². The van der Waals surface area contributed by atoms with Crippen molar-refractivity contribution in [3.8, 4) is 0 Å². The molecule has 0 atom stereocenters. The zero-order valence-corrected chi connectivity index (χ0v) is 8.29. The Morgan fingerprint density at radius 3 is 2.75 bits per heavy atom. The molecule has 1 heterocycles. The standard InChI is InChI=1S/C5H5BrSSe/c6-5-4(3-7)1-2-8-5/h1-2,7H,3H2. The van der Waals surface area contributed by atoms with Crippen molar-refractivity contribution in [2.45, 2.75) is 5.75 Å². The first-order valence-corrected chi connectivity index (χ1v) is 5.44. The fourth-order valence-electron chi connectivity index (χ4n) is 0.432. The molecule has 0 aliphatic heterocycles. The van der Waals surface area contributed by atoms with Gasteiger partial charge in [-0.05, 0) is 0 Å². The van der Waals surface area contributed by atoms with Crippen molar-refractivity contribution in [3.05, 3.63) is 19.9 Å². The van der Waals surface area contributed by atoms with Gasteiger partial charge in [0.2, 0.25) is 0 Å². The monoisotopic (exact) mass is 256 g/mol. The Morgan fingerprint density at radius 1 is 1.75 bits per heavy atom. The van der Waals surface area contributed by atoms with Gasteiger partial charge in [0, 0.05) is 0 Å². The fraction of sp³-hybridized carbons (Fsp3) is 0.200. The Labute approximate surface area is 68.6 Å². The van der Waals surface area contributed by atoms with Crippen LogP contribution in [0.5, 0.6) is 0 Å². The Hall–Kier alpha value is 0.829. The van der Waals surface area contributed by atoms with Crippen LogP contribution in [0.4, 0.5) is 0 Å². The normalized spacial score (nSPS) is 9.75. The van der Waals surface area contributed by atoms with Crippen molar-refractivity contribution in [3.63, 3.8) is 0 Å². The minimum atomic E-state index is 0.568. The van der Waals surface area contributed by atoms with Gasteiger partial charge in [-0.25, -0.2) is 0 Å². The number of hydrogen-bond acceptors (Lipinski definition) is 1. The van der Waals surface area contributed by atoms with Gasteiger partial charge in [-0.1, -0.05) is 0 Å². The second-order valence-corrected chi connectivity index (χ2v) is 5.59. The van der Waals surface area contributed by atoms with Gasteiger partial charge in [0.15, 0.2) is 0 Å². The molecule has 44 valence electrons. The van der Waals surface area contributed by atoms with Crippen LogP contribution < -0.4 is 0 Å². The molecule has 0 bridgehead atoms. The first-order chi connectivity index (χ1) is 3.84. The maximum atomic E-state index is 4.15. The van der Waals surface area contributed by atoms with Crippen molar-refractivity contribution in [1.29, 1.82) is 0 Å². The number of hydrogen-bond donors (Lipinski definition) is 1. The van der Waals surface area contributed by atoms with Crippen molar-refractivity contribution < 1.29 is 0 Å². The number of thiol groups is 1. The van der Waals surface area contributed by atoms with Gasteiger partial charge in [-0.3, -0.25) is 0 Å². The molecule has 0 fully saturated rings. The average Bonchev–Trinajstić information content (AvgIpc) is 2.14. The third kappa shape index (κ3) is 1.41. The predicted octanol–water partition coefficient (Wildman–Crippen LogP) is 1.94. The average molecular weight is 256 g/mol. The van der Waals surface area contributed by atoms with E-state index in [-0.39, 0.29) is 0 Å². The Balaban J connectivity index is 2.92. The summed E-state index contributed by atoms with van der Waals surface area (Å²) in [5.74, 6) is 0.860. The van der Waals surface area contributed by atoms with Crippen LogP contribution in [0.2, 0.25) is 0 Å². The summed E-state index contributed by atoms with van der Waals surface area (Å²) in [5, 5.41) is 0. The maximum absolute atomic E-state index is 4.15. The molecule has 0 saturated carbocycles. The van der Waals surface area contributed by atoms with Crippen LogP contribution in [0.15, 0.2) is 14.4 Å². The van der Waals surface area contributed by atoms with E-state index < -0.39 is 0 Å². The molecule has 1 rings (SSSR count). The van der Waals surface area contributed by atoms with Gasteiger partial charge >= 0.3 is 68.7 Å².